The number of aryl methyl sites for hydroxylation is 1. The Morgan fingerprint density at radius 3 is 2.30 bits per heavy atom. The number of rotatable bonds is 9. The summed E-state index contributed by atoms with van der Waals surface area (Å²) in [5.74, 6) is -0.738. The Kier molecular flexibility index (Phi) is 8.35. The quantitative estimate of drug-likeness (QED) is 0.227. The van der Waals surface area contributed by atoms with Crippen LogP contribution in [0, 0.1) is 18.6 Å². The maximum atomic E-state index is 15.2. The summed E-state index contributed by atoms with van der Waals surface area (Å²) < 4.78 is 46.7. The van der Waals surface area contributed by atoms with Crippen LogP contribution in [0.5, 0.6) is 23.0 Å². The molecule has 9 nitrogen and oxygen atoms in total. The summed E-state index contributed by atoms with van der Waals surface area (Å²) >= 11 is 0. The van der Waals surface area contributed by atoms with E-state index in [0.29, 0.717) is 51.6 Å². The zero-order valence-corrected chi connectivity index (χ0v) is 23.8. The molecule has 0 spiro atoms. The Hall–Kier alpha value is -5.29. The van der Waals surface area contributed by atoms with Gasteiger partial charge in [-0.05, 0) is 74.1 Å². The first-order valence-electron chi connectivity index (χ1n) is 13.2. The van der Waals surface area contributed by atoms with E-state index < -0.39 is 23.1 Å². The molecule has 0 aliphatic heterocycles. The predicted molar refractivity (Wildman–Crippen MR) is 159 cm³/mol. The highest BCUT2D eigenvalue weighted by molar-refractivity contribution is 6.04. The molecule has 0 fully saturated rings. The van der Waals surface area contributed by atoms with Gasteiger partial charge in [0.05, 0.1) is 19.7 Å². The number of anilines is 1. The van der Waals surface area contributed by atoms with Gasteiger partial charge >= 0.3 is 0 Å². The molecule has 5 aromatic rings. The van der Waals surface area contributed by atoms with Gasteiger partial charge in [0.25, 0.3) is 11.5 Å². The summed E-state index contributed by atoms with van der Waals surface area (Å²) in [6.45, 7) is 2.10. The molecule has 5 rings (SSSR count). The van der Waals surface area contributed by atoms with Gasteiger partial charge in [-0.15, -0.1) is 0 Å². The average Bonchev–Trinajstić information content (AvgIpc) is 3.00. The number of benzene rings is 3. The van der Waals surface area contributed by atoms with E-state index in [2.05, 4.69) is 15.6 Å². The summed E-state index contributed by atoms with van der Waals surface area (Å²) in [5, 5.41) is 6.17. The second-order valence-electron chi connectivity index (χ2n) is 9.57. The molecule has 0 saturated heterocycles. The molecule has 0 atom stereocenters. The van der Waals surface area contributed by atoms with Crippen molar-refractivity contribution in [3.05, 3.63) is 112 Å². The first-order chi connectivity index (χ1) is 20.7. The number of nitrogens with one attached hydrogen (secondary N) is 2. The SMILES string of the molecule is CNCc1c(C)cc(C(=O)Nc2ccc(Oc3ccnc4cc(OC)c(OC)cc34)c(F)c2)c(=O)n1-c1ccc(F)cc1. The Morgan fingerprint density at radius 1 is 0.907 bits per heavy atom. The zero-order chi connectivity index (χ0) is 30.7. The molecule has 2 heterocycles. The molecule has 0 unspecified atom stereocenters. The van der Waals surface area contributed by atoms with E-state index in [0.717, 1.165) is 6.07 Å². The molecule has 220 valence electrons. The van der Waals surface area contributed by atoms with Crippen LogP contribution in [0.2, 0.25) is 0 Å². The first-order valence-corrected chi connectivity index (χ1v) is 13.2. The predicted octanol–water partition coefficient (Wildman–Crippen LogP) is 5.75. The lowest BCUT2D eigenvalue weighted by molar-refractivity contribution is 0.102. The molecule has 2 aromatic heterocycles. The van der Waals surface area contributed by atoms with Crippen molar-refractivity contribution in [2.24, 2.45) is 0 Å². The molecule has 1 amide bonds. The molecule has 43 heavy (non-hydrogen) atoms. The third-order valence-corrected chi connectivity index (χ3v) is 6.81. The fraction of sp³-hybridized carbons (Fsp3) is 0.156. The van der Waals surface area contributed by atoms with Crippen molar-refractivity contribution in [1.29, 1.82) is 0 Å². The fourth-order valence-corrected chi connectivity index (χ4v) is 4.71. The van der Waals surface area contributed by atoms with Crippen LogP contribution in [0.1, 0.15) is 21.6 Å². The van der Waals surface area contributed by atoms with Crippen molar-refractivity contribution >= 4 is 22.5 Å². The van der Waals surface area contributed by atoms with Crippen molar-refractivity contribution in [1.82, 2.24) is 14.9 Å². The number of methoxy groups -OCH3 is 2. The third kappa shape index (κ3) is 5.88. The van der Waals surface area contributed by atoms with Gasteiger partial charge < -0.3 is 24.8 Å². The van der Waals surface area contributed by atoms with Gasteiger partial charge in [0, 0.05) is 47.3 Å². The third-order valence-electron chi connectivity index (χ3n) is 6.81. The molecular formula is C32H28F2N4O5. The van der Waals surface area contributed by atoms with Crippen LogP contribution in [-0.4, -0.2) is 36.7 Å². The number of halogens is 2. The number of carbonyl (C=O) groups excluding carboxylic acids is 1. The van der Waals surface area contributed by atoms with Crippen LogP contribution in [-0.2, 0) is 6.54 Å². The van der Waals surface area contributed by atoms with Gasteiger partial charge in [-0.2, -0.15) is 0 Å². The fourth-order valence-electron chi connectivity index (χ4n) is 4.71. The smallest absolute Gasteiger partial charge is 0.268 e. The lowest BCUT2D eigenvalue weighted by atomic mass is 10.1. The van der Waals surface area contributed by atoms with Crippen LogP contribution in [0.4, 0.5) is 14.5 Å². The maximum absolute atomic E-state index is 15.2. The van der Waals surface area contributed by atoms with Gasteiger partial charge in [-0.25, -0.2) is 8.78 Å². The normalized spacial score (nSPS) is 10.9. The molecule has 0 aliphatic rings. The zero-order valence-electron chi connectivity index (χ0n) is 23.8. The van der Waals surface area contributed by atoms with Crippen LogP contribution < -0.4 is 30.4 Å². The highest BCUT2D eigenvalue weighted by Gasteiger charge is 2.20. The van der Waals surface area contributed by atoms with Gasteiger partial charge in [0.1, 0.15) is 17.1 Å². The van der Waals surface area contributed by atoms with Crippen LogP contribution in [0.15, 0.2) is 77.7 Å². The Balaban J connectivity index is 1.43. The molecule has 2 N–H and O–H groups in total. The van der Waals surface area contributed by atoms with E-state index in [4.69, 9.17) is 14.2 Å². The lowest BCUT2D eigenvalue weighted by Gasteiger charge is -2.17. The lowest BCUT2D eigenvalue weighted by Crippen LogP contribution is -2.32. The van der Waals surface area contributed by atoms with Crippen molar-refractivity contribution < 1.29 is 27.8 Å². The number of hydrogen-bond donors (Lipinski definition) is 2. The number of carbonyl (C=O) groups is 1. The number of hydrogen-bond acceptors (Lipinski definition) is 7. The van der Waals surface area contributed by atoms with Gasteiger partial charge in [-0.3, -0.25) is 19.1 Å². The number of ether oxygens (including phenoxy) is 3. The van der Waals surface area contributed by atoms with E-state index in [1.807, 2.05) is 0 Å². The minimum atomic E-state index is -0.743. The van der Waals surface area contributed by atoms with Crippen LogP contribution in [0.3, 0.4) is 0 Å². The number of fused-ring (bicyclic) bond motifs is 1. The summed E-state index contributed by atoms with van der Waals surface area (Å²) in [4.78, 5) is 31.1. The number of nitrogens with zero attached hydrogens (tertiary/aromatic N) is 2. The molecule has 0 saturated carbocycles. The second kappa shape index (κ2) is 12.3. The highest BCUT2D eigenvalue weighted by Crippen LogP contribution is 2.37. The Bertz CT molecular complexity index is 1890. The Labute approximate surface area is 245 Å². The van der Waals surface area contributed by atoms with E-state index in [1.165, 1.54) is 67.4 Å². The standard InChI is InChI=1S/C32H28F2N4O5/c1-18-13-23(32(40)38(26(18)17-35-2)21-8-5-19(33)6-9-21)31(39)37-20-7-10-28(24(34)14-20)43-27-11-12-36-25-16-30(42-4)29(41-3)15-22(25)27/h5-16,35H,17H2,1-4H3,(H,37,39). The average molecular weight is 587 g/mol. The Morgan fingerprint density at radius 2 is 1.63 bits per heavy atom. The van der Waals surface area contributed by atoms with Crippen molar-refractivity contribution in [3.63, 3.8) is 0 Å². The van der Waals surface area contributed by atoms with E-state index in [1.54, 1.807) is 32.2 Å². The van der Waals surface area contributed by atoms with Crippen LogP contribution >= 0.6 is 0 Å². The van der Waals surface area contributed by atoms with E-state index in [-0.39, 0.29) is 17.0 Å². The number of amides is 1. The second-order valence-corrected chi connectivity index (χ2v) is 9.57. The molecule has 11 heteroatoms. The summed E-state index contributed by atoms with van der Waals surface area (Å²) in [5.41, 5.74) is 1.60. The number of pyridine rings is 2. The minimum absolute atomic E-state index is 0.0915. The molecule has 0 aliphatic carbocycles. The summed E-state index contributed by atoms with van der Waals surface area (Å²) in [6, 6.07) is 15.8. The summed E-state index contributed by atoms with van der Waals surface area (Å²) in [6.07, 6.45) is 1.53. The van der Waals surface area contributed by atoms with Gasteiger partial charge in [0.15, 0.2) is 23.1 Å². The maximum Gasteiger partial charge on any atom is 0.268 e. The summed E-state index contributed by atoms with van der Waals surface area (Å²) in [7, 11) is 4.75. The monoisotopic (exact) mass is 586 g/mol. The van der Waals surface area contributed by atoms with Gasteiger partial charge in [0.2, 0.25) is 0 Å². The van der Waals surface area contributed by atoms with E-state index >= 15 is 4.39 Å². The highest BCUT2D eigenvalue weighted by atomic mass is 19.1. The topological polar surface area (TPSA) is 104 Å². The van der Waals surface area contributed by atoms with Crippen molar-refractivity contribution in [2.75, 3.05) is 26.6 Å². The largest absolute Gasteiger partial charge is 0.493 e. The first kappa shape index (κ1) is 29.2. The minimum Gasteiger partial charge on any atom is -0.493 e. The number of aromatic nitrogens is 2. The van der Waals surface area contributed by atoms with Crippen molar-refractivity contribution in [3.8, 4) is 28.7 Å². The van der Waals surface area contributed by atoms with Crippen molar-refractivity contribution in [2.45, 2.75) is 13.5 Å². The molecule has 0 bridgehead atoms. The van der Waals surface area contributed by atoms with Gasteiger partial charge in [-0.1, -0.05) is 0 Å². The van der Waals surface area contributed by atoms with E-state index in [9.17, 15) is 14.0 Å². The van der Waals surface area contributed by atoms with Crippen LogP contribution in [0.25, 0.3) is 16.6 Å². The molecular weight excluding hydrogens is 558 g/mol. The molecule has 0 radical (unpaired) electrons. The molecule has 3 aromatic carbocycles.